The van der Waals surface area contributed by atoms with Gasteiger partial charge in [-0.15, -0.1) is 0 Å². The Morgan fingerprint density at radius 3 is 2.65 bits per heavy atom. The number of amides is 1. The van der Waals surface area contributed by atoms with Crippen molar-refractivity contribution in [3.05, 3.63) is 30.5 Å². The predicted octanol–water partition coefficient (Wildman–Crippen LogP) is 3.68. The standard InChI is InChI=1S/C18H25N3O2/c1-18(2,3)23-17(22)20-10-8-14(9-11-20)13-21-16-7-5-4-6-15(16)12-19-21/h4-7,12,14H,8-11,13H2,1-3H3. The van der Waals surface area contributed by atoms with Gasteiger partial charge in [-0.1, -0.05) is 18.2 Å². The molecule has 23 heavy (non-hydrogen) atoms. The lowest BCUT2D eigenvalue weighted by atomic mass is 9.97. The Morgan fingerprint density at radius 1 is 1.26 bits per heavy atom. The van der Waals surface area contributed by atoms with Crippen LogP contribution in [0.3, 0.4) is 0 Å². The molecule has 1 saturated heterocycles. The Hall–Kier alpha value is -2.04. The van der Waals surface area contributed by atoms with Crippen molar-refractivity contribution in [1.29, 1.82) is 0 Å². The lowest BCUT2D eigenvalue weighted by Gasteiger charge is -2.33. The molecule has 1 aliphatic heterocycles. The summed E-state index contributed by atoms with van der Waals surface area (Å²) in [6, 6.07) is 8.28. The second-order valence-corrected chi connectivity index (χ2v) is 7.30. The Kier molecular flexibility index (Phi) is 4.28. The van der Waals surface area contributed by atoms with Gasteiger partial charge >= 0.3 is 6.09 Å². The molecule has 5 nitrogen and oxygen atoms in total. The van der Waals surface area contributed by atoms with E-state index < -0.39 is 5.60 Å². The van der Waals surface area contributed by atoms with Gasteiger partial charge in [0, 0.05) is 25.0 Å². The van der Waals surface area contributed by atoms with E-state index in [-0.39, 0.29) is 6.09 Å². The third-order valence-corrected chi connectivity index (χ3v) is 4.25. The topological polar surface area (TPSA) is 47.4 Å². The fraction of sp³-hybridized carbons (Fsp3) is 0.556. The molecule has 2 aromatic rings. The molecule has 124 valence electrons. The highest BCUT2D eigenvalue weighted by Crippen LogP contribution is 2.23. The van der Waals surface area contributed by atoms with Crippen molar-refractivity contribution in [2.45, 2.75) is 45.8 Å². The normalized spacial score (nSPS) is 16.7. The Labute approximate surface area is 137 Å². The van der Waals surface area contributed by atoms with Crippen LogP contribution in [0.4, 0.5) is 4.79 Å². The van der Waals surface area contributed by atoms with Crippen molar-refractivity contribution in [3.63, 3.8) is 0 Å². The number of aromatic nitrogens is 2. The molecule has 1 fully saturated rings. The van der Waals surface area contributed by atoms with E-state index in [9.17, 15) is 4.79 Å². The summed E-state index contributed by atoms with van der Waals surface area (Å²) in [5.41, 5.74) is 0.754. The summed E-state index contributed by atoms with van der Waals surface area (Å²) >= 11 is 0. The van der Waals surface area contributed by atoms with Crippen LogP contribution in [0.15, 0.2) is 30.5 Å². The average Bonchev–Trinajstić information content (AvgIpc) is 2.90. The van der Waals surface area contributed by atoms with Crippen LogP contribution in [-0.2, 0) is 11.3 Å². The number of nitrogens with zero attached hydrogens (tertiary/aromatic N) is 3. The van der Waals surface area contributed by atoms with Crippen LogP contribution >= 0.6 is 0 Å². The van der Waals surface area contributed by atoms with E-state index in [2.05, 4.69) is 21.9 Å². The van der Waals surface area contributed by atoms with Gasteiger partial charge in [0.2, 0.25) is 0 Å². The highest BCUT2D eigenvalue weighted by Gasteiger charge is 2.27. The van der Waals surface area contributed by atoms with Crippen LogP contribution in [-0.4, -0.2) is 39.5 Å². The fourth-order valence-electron chi connectivity index (χ4n) is 3.04. The SMILES string of the molecule is CC(C)(C)OC(=O)N1CCC(Cn2ncc3ccccc32)CC1. The molecule has 0 spiro atoms. The molecule has 0 atom stereocenters. The van der Waals surface area contributed by atoms with Crippen molar-refractivity contribution in [1.82, 2.24) is 14.7 Å². The van der Waals surface area contributed by atoms with Crippen LogP contribution in [0, 0.1) is 5.92 Å². The van der Waals surface area contributed by atoms with Crippen LogP contribution in [0.5, 0.6) is 0 Å². The van der Waals surface area contributed by atoms with Gasteiger partial charge in [-0.05, 0) is 45.6 Å². The second kappa shape index (κ2) is 6.22. The number of likely N-dealkylation sites (tertiary alicyclic amines) is 1. The zero-order chi connectivity index (χ0) is 16.4. The highest BCUT2D eigenvalue weighted by molar-refractivity contribution is 5.78. The molecule has 1 aromatic carbocycles. The van der Waals surface area contributed by atoms with E-state index >= 15 is 0 Å². The number of piperidine rings is 1. The first-order valence-corrected chi connectivity index (χ1v) is 8.31. The predicted molar refractivity (Wildman–Crippen MR) is 90.3 cm³/mol. The van der Waals surface area contributed by atoms with Gasteiger partial charge in [-0.25, -0.2) is 4.79 Å². The molecule has 1 aliphatic rings. The van der Waals surface area contributed by atoms with Crippen LogP contribution in [0.1, 0.15) is 33.6 Å². The lowest BCUT2D eigenvalue weighted by molar-refractivity contribution is 0.0177. The van der Waals surface area contributed by atoms with E-state index in [0.717, 1.165) is 32.5 Å². The summed E-state index contributed by atoms with van der Waals surface area (Å²) in [7, 11) is 0. The quantitative estimate of drug-likeness (QED) is 0.849. The maximum absolute atomic E-state index is 12.1. The Morgan fingerprint density at radius 2 is 1.96 bits per heavy atom. The summed E-state index contributed by atoms with van der Waals surface area (Å²) in [4.78, 5) is 13.9. The van der Waals surface area contributed by atoms with Gasteiger partial charge in [0.05, 0.1) is 11.7 Å². The van der Waals surface area contributed by atoms with Gasteiger partial charge < -0.3 is 9.64 Å². The second-order valence-electron chi connectivity index (χ2n) is 7.30. The van der Waals surface area contributed by atoms with Crippen molar-refractivity contribution >= 4 is 17.0 Å². The van der Waals surface area contributed by atoms with Crippen LogP contribution in [0.2, 0.25) is 0 Å². The zero-order valence-electron chi connectivity index (χ0n) is 14.2. The van der Waals surface area contributed by atoms with Gasteiger partial charge in [-0.3, -0.25) is 4.68 Å². The zero-order valence-corrected chi connectivity index (χ0v) is 14.2. The van der Waals surface area contributed by atoms with Crippen molar-refractivity contribution < 1.29 is 9.53 Å². The molecule has 1 aromatic heterocycles. The number of rotatable bonds is 2. The minimum Gasteiger partial charge on any atom is -0.444 e. The minimum absolute atomic E-state index is 0.194. The minimum atomic E-state index is -0.429. The Balaban J connectivity index is 1.56. The van der Waals surface area contributed by atoms with E-state index in [1.54, 1.807) is 0 Å². The van der Waals surface area contributed by atoms with Gasteiger partial charge in [0.1, 0.15) is 5.60 Å². The molecule has 5 heteroatoms. The number of hydrogen-bond donors (Lipinski definition) is 0. The highest BCUT2D eigenvalue weighted by atomic mass is 16.6. The van der Waals surface area contributed by atoms with Crippen molar-refractivity contribution in [2.24, 2.45) is 5.92 Å². The van der Waals surface area contributed by atoms with Crippen LogP contribution < -0.4 is 0 Å². The first-order chi connectivity index (χ1) is 10.9. The number of ether oxygens (including phenoxy) is 1. The summed E-state index contributed by atoms with van der Waals surface area (Å²) in [6.45, 7) is 8.15. The Bertz CT molecular complexity index is 679. The maximum Gasteiger partial charge on any atom is 0.410 e. The molecule has 0 aliphatic carbocycles. The van der Waals surface area contributed by atoms with Crippen molar-refractivity contribution in [3.8, 4) is 0 Å². The van der Waals surface area contributed by atoms with Crippen molar-refractivity contribution in [2.75, 3.05) is 13.1 Å². The largest absolute Gasteiger partial charge is 0.444 e. The van der Waals surface area contributed by atoms with Gasteiger partial charge in [0.25, 0.3) is 0 Å². The first kappa shape index (κ1) is 15.8. The van der Waals surface area contributed by atoms with E-state index in [1.165, 1.54) is 10.9 Å². The smallest absolute Gasteiger partial charge is 0.410 e. The fourth-order valence-corrected chi connectivity index (χ4v) is 3.04. The van der Waals surface area contributed by atoms with E-state index in [4.69, 9.17) is 4.74 Å². The molecule has 0 unspecified atom stereocenters. The van der Waals surface area contributed by atoms with Crippen LogP contribution in [0.25, 0.3) is 10.9 Å². The molecule has 0 N–H and O–H groups in total. The average molecular weight is 315 g/mol. The monoisotopic (exact) mass is 315 g/mol. The summed E-state index contributed by atoms with van der Waals surface area (Å²) in [5.74, 6) is 0.553. The molecule has 0 radical (unpaired) electrons. The molecule has 3 rings (SSSR count). The molecular weight excluding hydrogens is 290 g/mol. The number of carbonyl (C=O) groups is 1. The maximum atomic E-state index is 12.1. The summed E-state index contributed by atoms with van der Waals surface area (Å²) in [6.07, 6.45) is 3.71. The van der Waals surface area contributed by atoms with Gasteiger partial charge in [-0.2, -0.15) is 5.10 Å². The van der Waals surface area contributed by atoms with E-state index in [0.29, 0.717) is 5.92 Å². The molecule has 0 bridgehead atoms. The van der Waals surface area contributed by atoms with E-state index in [1.807, 2.05) is 44.0 Å². The first-order valence-electron chi connectivity index (χ1n) is 8.31. The summed E-state index contributed by atoms with van der Waals surface area (Å²) in [5, 5.41) is 5.68. The third-order valence-electron chi connectivity index (χ3n) is 4.25. The van der Waals surface area contributed by atoms with Gasteiger partial charge in [0.15, 0.2) is 0 Å². The number of fused-ring (bicyclic) bond motifs is 1. The molecule has 1 amide bonds. The number of para-hydroxylation sites is 1. The number of carbonyl (C=O) groups excluding carboxylic acids is 1. The molecule has 2 heterocycles. The molecular formula is C18H25N3O2. The lowest BCUT2D eigenvalue weighted by Crippen LogP contribution is -2.42. The number of hydrogen-bond acceptors (Lipinski definition) is 3. The summed E-state index contributed by atoms with van der Waals surface area (Å²) < 4.78 is 7.53. The molecule has 0 saturated carbocycles. The number of benzene rings is 1. The third kappa shape index (κ3) is 3.84.